The van der Waals surface area contributed by atoms with Crippen LogP contribution in [0.1, 0.15) is 46.5 Å². The maximum absolute atomic E-state index is 12.7. The second kappa shape index (κ2) is 12.4. The van der Waals surface area contributed by atoms with Crippen molar-refractivity contribution in [2.45, 2.75) is 20.3 Å². The number of benzene rings is 4. The standard InChI is InChI=1S/C30H28N2O6/c1-3-15-37-24-12-10-21(11-13-24)30(35)38-27-14-9-20(16-28(27)36-4-2)19-31-32-29(34)25-17-22-7-5-6-8-23(22)18-26(25)33/h5-14,16-19,33H,3-4,15H2,1-2H3,(H,32,34)/b31-19+. The Morgan fingerprint density at radius 1 is 0.895 bits per heavy atom. The zero-order valence-corrected chi connectivity index (χ0v) is 21.1. The SMILES string of the molecule is CCCOc1ccc(C(=O)Oc2ccc(/C=N/NC(=O)c3cc4ccccc4cc3O)cc2OCC)cc1. The fourth-order valence-corrected chi connectivity index (χ4v) is 3.66. The number of ether oxygens (including phenoxy) is 3. The fourth-order valence-electron chi connectivity index (χ4n) is 3.66. The van der Waals surface area contributed by atoms with Gasteiger partial charge in [0.05, 0.1) is 30.6 Å². The Bertz CT molecular complexity index is 1460. The molecule has 0 saturated carbocycles. The summed E-state index contributed by atoms with van der Waals surface area (Å²) in [5.74, 6) is 0.0778. The molecule has 0 spiro atoms. The molecule has 8 heteroatoms. The lowest BCUT2D eigenvalue weighted by molar-refractivity contribution is 0.0728. The van der Waals surface area contributed by atoms with Gasteiger partial charge in [-0.15, -0.1) is 0 Å². The zero-order chi connectivity index (χ0) is 26.9. The summed E-state index contributed by atoms with van der Waals surface area (Å²) in [6, 6.07) is 22.2. The molecule has 194 valence electrons. The first-order chi connectivity index (χ1) is 18.5. The lowest BCUT2D eigenvalue weighted by atomic mass is 10.1. The van der Waals surface area contributed by atoms with E-state index in [0.717, 1.165) is 17.2 Å². The van der Waals surface area contributed by atoms with Crippen molar-refractivity contribution in [3.63, 3.8) is 0 Å². The third kappa shape index (κ3) is 6.47. The second-order valence-electron chi connectivity index (χ2n) is 8.32. The quantitative estimate of drug-likeness (QED) is 0.122. The van der Waals surface area contributed by atoms with Crippen LogP contribution >= 0.6 is 0 Å². The number of carbonyl (C=O) groups is 2. The minimum atomic E-state index is -0.550. The molecular weight excluding hydrogens is 484 g/mol. The molecule has 0 atom stereocenters. The Morgan fingerprint density at radius 2 is 1.63 bits per heavy atom. The summed E-state index contributed by atoms with van der Waals surface area (Å²) in [5, 5.41) is 15.9. The molecule has 8 nitrogen and oxygen atoms in total. The predicted octanol–water partition coefficient (Wildman–Crippen LogP) is 5.72. The minimum Gasteiger partial charge on any atom is -0.507 e. The molecule has 0 aliphatic carbocycles. The highest BCUT2D eigenvalue weighted by Crippen LogP contribution is 2.29. The third-order valence-electron chi connectivity index (χ3n) is 5.52. The highest BCUT2D eigenvalue weighted by molar-refractivity contribution is 6.01. The maximum Gasteiger partial charge on any atom is 0.343 e. The molecule has 0 aromatic heterocycles. The van der Waals surface area contributed by atoms with E-state index in [0.29, 0.717) is 35.8 Å². The van der Waals surface area contributed by atoms with E-state index >= 15 is 0 Å². The van der Waals surface area contributed by atoms with Crippen molar-refractivity contribution in [2.75, 3.05) is 13.2 Å². The van der Waals surface area contributed by atoms with E-state index in [2.05, 4.69) is 10.5 Å². The molecule has 0 fully saturated rings. The highest BCUT2D eigenvalue weighted by atomic mass is 16.6. The summed E-state index contributed by atoms with van der Waals surface area (Å²) in [6.07, 6.45) is 2.32. The molecule has 0 heterocycles. The van der Waals surface area contributed by atoms with Gasteiger partial charge in [-0.2, -0.15) is 5.10 Å². The largest absolute Gasteiger partial charge is 0.507 e. The van der Waals surface area contributed by atoms with Crippen molar-refractivity contribution >= 4 is 28.9 Å². The normalized spacial score (nSPS) is 10.9. The molecule has 0 saturated heterocycles. The van der Waals surface area contributed by atoms with Crippen LogP contribution < -0.4 is 19.6 Å². The average molecular weight is 513 g/mol. The summed E-state index contributed by atoms with van der Waals surface area (Å²) in [4.78, 5) is 25.2. The van der Waals surface area contributed by atoms with E-state index in [4.69, 9.17) is 14.2 Å². The molecular formula is C30H28N2O6. The van der Waals surface area contributed by atoms with Gasteiger partial charge in [-0.1, -0.05) is 31.2 Å². The molecule has 38 heavy (non-hydrogen) atoms. The van der Waals surface area contributed by atoms with Crippen molar-refractivity contribution < 1.29 is 28.9 Å². The molecule has 0 aliphatic heterocycles. The van der Waals surface area contributed by atoms with Crippen molar-refractivity contribution in [1.29, 1.82) is 0 Å². The van der Waals surface area contributed by atoms with E-state index in [-0.39, 0.29) is 17.1 Å². The van der Waals surface area contributed by atoms with Crippen LogP contribution in [0.3, 0.4) is 0 Å². The van der Waals surface area contributed by atoms with Gasteiger partial charge in [-0.25, -0.2) is 10.2 Å². The van der Waals surface area contributed by atoms with Gasteiger partial charge < -0.3 is 19.3 Å². The van der Waals surface area contributed by atoms with Crippen LogP contribution in [0.4, 0.5) is 0 Å². The third-order valence-corrected chi connectivity index (χ3v) is 5.52. The topological polar surface area (TPSA) is 106 Å². The van der Waals surface area contributed by atoms with E-state index in [9.17, 15) is 14.7 Å². The molecule has 0 bridgehead atoms. The first kappa shape index (κ1) is 26.2. The number of phenolic OH excluding ortho intramolecular Hbond substituents is 1. The van der Waals surface area contributed by atoms with Crippen molar-refractivity contribution in [2.24, 2.45) is 5.10 Å². The molecule has 1 amide bonds. The van der Waals surface area contributed by atoms with E-state index in [1.807, 2.05) is 38.1 Å². The predicted molar refractivity (Wildman–Crippen MR) is 145 cm³/mol. The molecule has 4 aromatic rings. The number of nitrogens with one attached hydrogen (secondary N) is 1. The average Bonchev–Trinajstić information content (AvgIpc) is 2.93. The lowest BCUT2D eigenvalue weighted by Crippen LogP contribution is -2.17. The zero-order valence-electron chi connectivity index (χ0n) is 21.1. The number of esters is 1. The number of phenols is 1. The van der Waals surface area contributed by atoms with Gasteiger partial charge in [0, 0.05) is 0 Å². The lowest BCUT2D eigenvalue weighted by Gasteiger charge is -2.12. The van der Waals surface area contributed by atoms with Crippen LogP contribution in [0.25, 0.3) is 10.8 Å². The number of carbonyl (C=O) groups excluding carboxylic acids is 2. The molecule has 4 rings (SSSR count). The van der Waals surface area contributed by atoms with Crippen LogP contribution in [0.15, 0.2) is 84.0 Å². The Kier molecular flexibility index (Phi) is 8.56. The van der Waals surface area contributed by atoms with Crippen LogP contribution in [-0.2, 0) is 0 Å². The summed E-state index contributed by atoms with van der Waals surface area (Å²) < 4.78 is 16.8. The number of hydrogen-bond donors (Lipinski definition) is 2. The molecule has 0 radical (unpaired) electrons. The van der Waals surface area contributed by atoms with Crippen molar-refractivity contribution in [3.8, 4) is 23.0 Å². The second-order valence-corrected chi connectivity index (χ2v) is 8.32. The van der Waals surface area contributed by atoms with Gasteiger partial charge in [0.15, 0.2) is 11.5 Å². The summed E-state index contributed by atoms with van der Waals surface area (Å²) >= 11 is 0. The van der Waals surface area contributed by atoms with Gasteiger partial charge in [0.25, 0.3) is 5.91 Å². The number of aromatic hydroxyl groups is 1. The molecule has 2 N–H and O–H groups in total. The number of rotatable bonds is 10. The molecule has 4 aromatic carbocycles. The van der Waals surface area contributed by atoms with Gasteiger partial charge in [0.1, 0.15) is 11.5 Å². The number of fused-ring (bicyclic) bond motifs is 1. The monoisotopic (exact) mass is 512 g/mol. The van der Waals surface area contributed by atoms with Gasteiger partial charge >= 0.3 is 5.97 Å². The molecule has 0 aliphatic rings. The van der Waals surface area contributed by atoms with Crippen molar-refractivity contribution in [3.05, 3.63) is 95.6 Å². The Labute approximate surface area is 220 Å². The summed E-state index contributed by atoms with van der Waals surface area (Å²) in [7, 11) is 0. The number of nitrogens with zero attached hydrogens (tertiary/aromatic N) is 1. The van der Waals surface area contributed by atoms with Crippen LogP contribution in [-0.4, -0.2) is 36.4 Å². The summed E-state index contributed by atoms with van der Waals surface area (Å²) in [5.41, 5.74) is 3.52. The van der Waals surface area contributed by atoms with Crippen molar-refractivity contribution in [1.82, 2.24) is 5.43 Å². The number of hydrogen-bond acceptors (Lipinski definition) is 7. The van der Waals surface area contributed by atoms with Gasteiger partial charge in [-0.05, 0) is 84.3 Å². The van der Waals surface area contributed by atoms with Crippen LogP contribution in [0.5, 0.6) is 23.0 Å². The maximum atomic E-state index is 12.7. The van der Waals surface area contributed by atoms with E-state index in [1.54, 1.807) is 48.5 Å². The van der Waals surface area contributed by atoms with Gasteiger partial charge in [0.2, 0.25) is 0 Å². The number of hydrazone groups is 1. The highest BCUT2D eigenvalue weighted by Gasteiger charge is 2.14. The van der Waals surface area contributed by atoms with E-state index in [1.165, 1.54) is 12.3 Å². The summed E-state index contributed by atoms with van der Waals surface area (Å²) in [6.45, 7) is 4.80. The fraction of sp³-hybridized carbons (Fsp3) is 0.167. The molecule has 0 unspecified atom stereocenters. The first-order valence-corrected chi connectivity index (χ1v) is 12.3. The smallest absolute Gasteiger partial charge is 0.343 e. The Morgan fingerprint density at radius 3 is 2.34 bits per heavy atom. The Balaban J connectivity index is 1.43. The van der Waals surface area contributed by atoms with Crippen LogP contribution in [0, 0.1) is 0 Å². The first-order valence-electron chi connectivity index (χ1n) is 12.3. The Hall–Kier alpha value is -4.85. The van der Waals surface area contributed by atoms with Crippen LogP contribution in [0.2, 0.25) is 0 Å². The minimum absolute atomic E-state index is 0.114. The van der Waals surface area contributed by atoms with E-state index < -0.39 is 11.9 Å². The van der Waals surface area contributed by atoms with Gasteiger partial charge in [-0.3, -0.25) is 4.79 Å². The number of amides is 1.